The first-order valence-corrected chi connectivity index (χ1v) is 35.6. The average molecular weight is 1480 g/mol. The van der Waals surface area contributed by atoms with Gasteiger partial charge in [0.25, 0.3) is 0 Å². The number of carboxylic acid groups (broad SMARTS) is 3. The van der Waals surface area contributed by atoms with Crippen LogP contribution in [0, 0.1) is 17.8 Å². The normalized spacial score (nSPS) is 14.3. The number of carbonyl (C=O) groups excluding carboxylic acids is 10. The van der Waals surface area contributed by atoms with E-state index in [4.69, 9.17) is 49.4 Å². The van der Waals surface area contributed by atoms with Crippen molar-refractivity contribution in [2.75, 3.05) is 230 Å². The van der Waals surface area contributed by atoms with Gasteiger partial charge >= 0.3 is 17.9 Å². The number of hydrogen-bond donors (Lipinski definition) is 12. The highest BCUT2D eigenvalue weighted by Gasteiger charge is 2.24. The number of hydrogen-bond acceptors (Lipinski definition) is 25. The number of nitrogens with one attached hydrogen (secondary N) is 7. The number of rotatable bonds is 64. The number of amides is 9. The molecule has 0 spiro atoms. The SMILES string of the molecule is C[C@@H](CCCCNC(=O)COCCOCCNC(=O)COCCOCCNC(=O)CCCC(=O)NCCCCC(CC(=O)COCCOCCNC(=O)COCCOCCNC(=O)CN1CCN(CC(=O)O)CCN(CC(=O)O)CCN(CC(=O)O)CC1)C(=O)NCCCC[C@H](C)C(N)=O)C(N)=O. The Balaban J connectivity index is 2.25. The molecule has 1 heterocycles. The van der Waals surface area contributed by atoms with Gasteiger partial charge in [0.1, 0.15) is 26.4 Å². The zero-order valence-electron chi connectivity index (χ0n) is 60.5. The first-order valence-electron chi connectivity index (χ1n) is 35.6. The van der Waals surface area contributed by atoms with E-state index in [2.05, 4.69) is 37.2 Å². The summed E-state index contributed by atoms with van der Waals surface area (Å²) in [6, 6.07) is 0. The van der Waals surface area contributed by atoms with Crippen molar-refractivity contribution in [3.05, 3.63) is 0 Å². The molecule has 0 aromatic heterocycles. The number of unbranched alkanes of at least 4 members (excludes halogenated alkanes) is 3. The number of aliphatic carboxylic acids is 3. The highest BCUT2D eigenvalue weighted by atomic mass is 16.5. The quantitative estimate of drug-likeness (QED) is 0.0258. The Bertz CT molecular complexity index is 2430. The second kappa shape index (κ2) is 62.2. The highest BCUT2D eigenvalue weighted by Crippen LogP contribution is 2.15. The maximum atomic E-state index is 13.3. The number of ketones is 1. The summed E-state index contributed by atoms with van der Waals surface area (Å²) in [5.41, 5.74) is 10.6. The van der Waals surface area contributed by atoms with Gasteiger partial charge in [0.05, 0.1) is 105 Å². The molecule has 0 aliphatic carbocycles. The van der Waals surface area contributed by atoms with Crippen molar-refractivity contribution in [1.82, 2.24) is 56.8 Å². The number of primary amides is 2. The van der Waals surface area contributed by atoms with E-state index in [-0.39, 0.29) is 276 Å². The van der Waals surface area contributed by atoms with E-state index >= 15 is 0 Å². The van der Waals surface area contributed by atoms with E-state index in [1.165, 1.54) is 0 Å². The van der Waals surface area contributed by atoms with Crippen LogP contribution in [-0.4, -0.2) is 342 Å². The zero-order valence-corrected chi connectivity index (χ0v) is 60.5. The summed E-state index contributed by atoms with van der Waals surface area (Å²) < 4.78 is 43.4. The van der Waals surface area contributed by atoms with Crippen molar-refractivity contribution in [2.24, 2.45) is 29.2 Å². The monoisotopic (exact) mass is 1480 g/mol. The summed E-state index contributed by atoms with van der Waals surface area (Å²) in [7, 11) is 0. The van der Waals surface area contributed by atoms with E-state index < -0.39 is 35.6 Å². The summed E-state index contributed by atoms with van der Waals surface area (Å²) in [4.78, 5) is 164. The summed E-state index contributed by atoms with van der Waals surface area (Å²) in [5.74, 6) is -7.37. The summed E-state index contributed by atoms with van der Waals surface area (Å²) in [6.45, 7) is 8.04. The minimum atomic E-state index is -1.05. The predicted molar refractivity (Wildman–Crippen MR) is 372 cm³/mol. The molecule has 1 aliphatic heterocycles. The minimum Gasteiger partial charge on any atom is -0.480 e. The van der Waals surface area contributed by atoms with Crippen LogP contribution in [0.4, 0.5) is 0 Å². The largest absolute Gasteiger partial charge is 0.480 e. The molecule has 1 aliphatic rings. The van der Waals surface area contributed by atoms with E-state index in [0.717, 1.165) is 12.8 Å². The van der Waals surface area contributed by atoms with Gasteiger partial charge in [-0.15, -0.1) is 0 Å². The molecule has 14 N–H and O–H groups in total. The number of nitrogens with two attached hydrogens (primary N) is 2. The van der Waals surface area contributed by atoms with Gasteiger partial charge in [0.15, 0.2) is 5.78 Å². The fraction of sp³-hybridized carbons (Fsp3) is 0.803. The van der Waals surface area contributed by atoms with Crippen LogP contribution in [0.2, 0.25) is 0 Å². The lowest BCUT2D eigenvalue weighted by atomic mass is 9.95. The van der Waals surface area contributed by atoms with Crippen LogP contribution >= 0.6 is 0 Å². The Hall–Kier alpha value is -7.17. The van der Waals surface area contributed by atoms with Gasteiger partial charge in [-0.25, -0.2) is 0 Å². The summed E-state index contributed by atoms with van der Waals surface area (Å²) in [6.07, 6.45) is 5.98. The maximum Gasteiger partial charge on any atom is 0.317 e. The number of carbonyl (C=O) groups is 13. The molecule has 37 heteroatoms. The molecule has 592 valence electrons. The van der Waals surface area contributed by atoms with Gasteiger partial charge in [-0.3, -0.25) is 81.9 Å². The van der Waals surface area contributed by atoms with Crippen molar-refractivity contribution < 1.29 is 116 Å². The van der Waals surface area contributed by atoms with Gasteiger partial charge in [-0.05, 0) is 44.9 Å². The zero-order chi connectivity index (χ0) is 76.1. The third-order valence-corrected chi connectivity index (χ3v) is 15.8. The summed E-state index contributed by atoms with van der Waals surface area (Å²) in [5, 5.41) is 47.6. The molecular formula is C66H119N13O24. The van der Waals surface area contributed by atoms with Gasteiger partial charge < -0.3 is 102 Å². The van der Waals surface area contributed by atoms with Gasteiger partial charge in [0, 0.05) is 135 Å². The fourth-order valence-electron chi connectivity index (χ4n) is 9.82. The smallest absolute Gasteiger partial charge is 0.317 e. The molecule has 0 aromatic carbocycles. The molecule has 1 rings (SSSR count). The van der Waals surface area contributed by atoms with Crippen LogP contribution in [0.3, 0.4) is 0 Å². The van der Waals surface area contributed by atoms with Crippen LogP contribution in [0.5, 0.6) is 0 Å². The number of Topliss-reactive ketones (excluding diaryl/α,β-unsaturated/α-hetero) is 1. The van der Waals surface area contributed by atoms with Crippen LogP contribution in [0.25, 0.3) is 0 Å². The lowest BCUT2D eigenvalue weighted by Gasteiger charge is -2.32. The molecule has 9 amide bonds. The van der Waals surface area contributed by atoms with E-state index in [1.54, 1.807) is 33.4 Å². The molecule has 3 atom stereocenters. The number of carboxylic acids is 3. The molecule has 1 unspecified atom stereocenters. The van der Waals surface area contributed by atoms with Gasteiger partial charge in [0.2, 0.25) is 53.2 Å². The molecule has 0 aromatic rings. The van der Waals surface area contributed by atoms with Crippen LogP contribution < -0.4 is 48.7 Å². The molecule has 1 saturated heterocycles. The van der Waals surface area contributed by atoms with Crippen molar-refractivity contribution in [1.29, 1.82) is 0 Å². The van der Waals surface area contributed by atoms with E-state index in [1.807, 2.05) is 0 Å². The standard InChI is InChI=1S/C66H119N13O24/c1-51(64(67)93)10-3-6-16-70-58(84)48-101-39-37-99-33-21-74-60(86)49-102-40-35-96-30-18-71-56(82)14-9-13-55(81)69-15-8-5-12-53(66(95)75-17-7-4-11-52(2)65(68)94)42-54(80)47-100-38-34-98-32-20-73-59(85)50-103-41-36-97-31-19-72-57(83)43-76-22-24-77(44-61(87)88)26-28-79(46-63(91)92)29-27-78(25-23-76)45-62(89)90/h51-53H,3-50H2,1-2H3,(H2,67,93)(H2,68,94)(H,69,81)(H,70,84)(H,71,82)(H,72,83)(H,73,85)(H,74,86)(H,75,95)(H,87,88)(H,89,90)(H,91,92)/t51-,52-,53?/m0/s1. The van der Waals surface area contributed by atoms with Gasteiger partial charge in [-0.1, -0.05) is 33.1 Å². The molecule has 1 fully saturated rings. The van der Waals surface area contributed by atoms with Crippen molar-refractivity contribution in [3.8, 4) is 0 Å². The number of nitrogens with zero attached hydrogens (tertiary/aromatic N) is 4. The van der Waals surface area contributed by atoms with Crippen LogP contribution in [0.1, 0.15) is 97.3 Å². The fourth-order valence-corrected chi connectivity index (χ4v) is 9.82. The second-order valence-corrected chi connectivity index (χ2v) is 24.7. The average Bonchev–Trinajstić information content (AvgIpc) is 1.31. The van der Waals surface area contributed by atoms with Crippen molar-refractivity contribution in [3.63, 3.8) is 0 Å². The van der Waals surface area contributed by atoms with Gasteiger partial charge in [-0.2, -0.15) is 0 Å². The van der Waals surface area contributed by atoms with Crippen molar-refractivity contribution in [2.45, 2.75) is 97.3 Å². The lowest BCUT2D eigenvalue weighted by molar-refractivity contribution is -0.140. The maximum absolute atomic E-state index is 13.3. The van der Waals surface area contributed by atoms with Crippen LogP contribution in [-0.2, 0) is 100 Å². The van der Waals surface area contributed by atoms with Crippen LogP contribution in [0.15, 0.2) is 0 Å². The Morgan fingerprint density at radius 2 is 0.621 bits per heavy atom. The second-order valence-electron chi connectivity index (χ2n) is 24.7. The summed E-state index contributed by atoms with van der Waals surface area (Å²) >= 11 is 0. The minimum absolute atomic E-state index is 0.0430. The Labute approximate surface area is 603 Å². The van der Waals surface area contributed by atoms with E-state index in [9.17, 15) is 77.6 Å². The Morgan fingerprint density at radius 1 is 0.330 bits per heavy atom. The highest BCUT2D eigenvalue weighted by molar-refractivity contribution is 5.87. The molecule has 0 saturated carbocycles. The van der Waals surface area contributed by atoms with Crippen molar-refractivity contribution >= 4 is 76.9 Å². The first kappa shape index (κ1) is 93.8. The molecule has 0 radical (unpaired) electrons. The van der Waals surface area contributed by atoms with E-state index in [0.29, 0.717) is 84.1 Å². The Morgan fingerprint density at radius 3 is 0.981 bits per heavy atom. The Kier molecular flexibility index (Phi) is 56.7. The lowest BCUT2D eigenvalue weighted by Crippen LogP contribution is -2.50. The third-order valence-electron chi connectivity index (χ3n) is 15.8. The molecule has 37 nitrogen and oxygen atoms in total. The molecule has 0 bridgehead atoms. The third kappa shape index (κ3) is 57.9. The molecular weight excluding hydrogens is 1360 g/mol. The predicted octanol–water partition coefficient (Wildman–Crippen LogP) is -4.09. The first-order chi connectivity index (χ1) is 49.4. The topological polar surface area (TPSA) is 506 Å². The molecule has 103 heavy (non-hydrogen) atoms. The number of ether oxygens (including phenoxy) is 8.